The average molecular weight is 278 g/mol. The van der Waals surface area contributed by atoms with Gasteiger partial charge in [-0.05, 0) is 24.1 Å². The molecular formula is C16H26N2O2. The predicted octanol–water partition coefficient (Wildman–Crippen LogP) is 2.54. The van der Waals surface area contributed by atoms with E-state index in [4.69, 9.17) is 4.74 Å². The van der Waals surface area contributed by atoms with Crippen molar-refractivity contribution in [3.63, 3.8) is 0 Å². The third-order valence-electron chi connectivity index (χ3n) is 4.01. The number of hydrogen-bond donors (Lipinski definition) is 2. The molecule has 0 aliphatic carbocycles. The first-order valence-corrected chi connectivity index (χ1v) is 7.58. The van der Waals surface area contributed by atoms with E-state index < -0.39 is 0 Å². The molecule has 1 aromatic rings. The molecule has 0 amide bonds. The Morgan fingerprint density at radius 1 is 1.35 bits per heavy atom. The van der Waals surface area contributed by atoms with Crippen molar-refractivity contribution in [1.82, 2.24) is 10.2 Å². The SMILES string of the molecule is CCCC[C@@H](c1ccc(OC)c(O)c1)N1CCNCC1. The van der Waals surface area contributed by atoms with Crippen LogP contribution in [0.3, 0.4) is 0 Å². The van der Waals surface area contributed by atoms with E-state index in [2.05, 4.69) is 23.2 Å². The summed E-state index contributed by atoms with van der Waals surface area (Å²) in [6.07, 6.45) is 3.55. The van der Waals surface area contributed by atoms with E-state index in [9.17, 15) is 5.11 Å². The number of phenolic OH excluding ortho intramolecular Hbond substituents is 1. The third kappa shape index (κ3) is 3.64. The van der Waals surface area contributed by atoms with Crippen LogP contribution in [-0.2, 0) is 0 Å². The van der Waals surface area contributed by atoms with Crippen molar-refractivity contribution in [2.75, 3.05) is 33.3 Å². The number of nitrogens with zero attached hydrogens (tertiary/aromatic N) is 1. The molecular weight excluding hydrogens is 252 g/mol. The van der Waals surface area contributed by atoms with Crippen LogP contribution in [0.5, 0.6) is 11.5 Å². The molecule has 0 unspecified atom stereocenters. The van der Waals surface area contributed by atoms with Crippen LogP contribution in [0.15, 0.2) is 18.2 Å². The van der Waals surface area contributed by atoms with Crippen LogP contribution in [0, 0.1) is 0 Å². The number of piperazine rings is 1. The molecule has 2 rings (SSSR count). The molecule has 1 fully saturated rings. The van der Waals surface area contributed by atoms with Crippen molar-refractivity contribution in [2.45, 2.75) is 32.2 Å². The van der Waals surface area contributed by atoms with E-state index in [1.807, 2.05) is 12.1 Å². The molecule has 4 nitrogen and oxygen atoms in total. The topological polar surface area (TPSA) is 44.7 Å². The van der Waals surface area contributed by atoms with Crippen LogP contribution >= 0.6 is 0 Å². The first-order valence-electron chi connectivity index (χ1n) is 7.58. The second-order valence-corrected chi connectivity index (χ2v) is 5.38. The van der Waals surface area contributed by atoms with E-state index >= 15 is 0 Å². The standard InChI is InChI=1S/C16H26N2O2/c1-3-4-5-14(18-10-8-17-9-11-18)13-6-7-16(20-2)15(19)12-13/h6-7,12,14,17,19H,3-5,8-11H2,1-2H3/t14-/m0/s1. The molecule has 20 heavy (non-hydrogen) atoms. The maximum absolute atomic E-state index is 10.0. The Bertz CT molecular complexity index is 417. The van der Waals surface area contributed by atoms with Crippen molar-refractivity contribution in [3.05, 3.63) is 23.8 Å². The van der Waals surface area contributed by atoms with Crippen molar-refractivity contribution in [3.8, 4) is 11.5 Å². The van der Waals surface area contributed by atoms with Crippen LogP contribution < -0.4 is 10.1 Å². The van der Waals surface area contributed by atoms with Crippen LogP contribution in [0.4, 0.5) is 0 Å². The lowest BCUT2D eigenvalue weighted by Crippen LogP contribution is -2.45. The molecule has 4 heteroatoms. The van der Waals surface area contributed by atoms with E-state index in [0.29, 0.717) is 11.8 Å². The lowest BCUT2D eigenvalue weighted by atomic mass is 9.98. The molecule has 1 aliphatic rings. The third-order valence-corrected chi connectivity index (χ3v) is 4.01. The van der Waals surface area contributed by atoms with Gasteiger partial charge in [-0.2, -0.15) is 0 Å². The highest BCUT2D eigenvalue weighted by Crippen LogP contribution is 2.33. The van der Waals surface area contributed by atoms with E-state index in [1.165, 1.54) is 18.4 Å². The zero-order valence-corrected chi connectivity index (χ0v) is 12.6. The number of ether oxygens (including phenoxy) is 1. The fourth-order valence-corrected chi connectivity index (χ4v) is 2.87. The van der Waals surface area contributed by atoms with Crippen LogP contribution in [0.1, 0.15) is 37.8 Å². The maximum atomic E-state index is 10.0. The van der Waals surface area contributed by atoms with Gasteiger partial charge in [0, 0.05) is 32.2 Å². The normalized spacial score (nSPS) is 17.9. The molecule has 0 bridgehead atoms. The molecule has 0 spiro atoms. The quantitative estimate of drug-likeness (QED) is 0.839. The summed E-state index contributed by atoms with van der Waals surface area (Å²) in [6.45, 7) is 6.46. The van der Waals surface area contributed by atoms with Gasteiger partial charge in [0.1, 0.15) is 0 Å². The summed E-state index contributed by atoms with van der Waals surface area (Å²) in [5.74, 6) is 0.782. The Morgan fingerprint density at radius 3 is 2.70 bits per heavy atom. The van der Waals surface area contributed by atoms with Gasteiger partial charge in [-0.25, -0.2) is 0 Å². The number of aromatic hydroxyl groups is 1. The highest BCUT2D eigenvalue weighted by molar-refractivity contribution is 5.42. The van der Waals surface area contributed by atoms with Gasteiger partial charge in [0.2, 0.25) is 0 Å². The summed E-state index contributed by atoms with van der Waals surface area (Å²) in [5.41, 5.74) is 1.19. The van der Waals surface area contributed by atoms with Gasteiger partial charge < -0.3 is 15.2 Å². The highest BCUT2D eigenvalue weighted by Gasteiger charge is 2.22. The lowest BCUT2D eigenvalue weighted by molar-refractivity contribution is 0.163. The number of methoxy groups -OCH3 is 1. The second-order valence-electron chi connectivity index (χ2n) is 5.38. The van der Waals surface area contributed by atoms with Gasteiger partial charge in [-0.3, -0.25) is 4.90 Å². The number of hydrogen-bond acceptors (Lipinski definition) is 4. The van der Waals surface area contributed by atoms with Crippen molar-refractivity contribution in [2.24, 2.45) is 0 Å². The Morgan fingerprint density at radius 2 is 2.10 bits per heavy atom. The Labute approximate surface area is 121 Å². The average Bonchev–Trinajstić information content (AvgIpc) is 2.49. The Hall–Kier alpha value is -1.26. The molecule has 1 heterocycles. The smallest absolute Gasteiger partial charge is 0.160 e. The lowest BCUT2D eigenvalue weighted by Gasteiger charge is -2.35. The molecule has 1 atom stereocenters. The summed E-state index contributed by atoms with van der Waals surface area (Å²) in [6, 6.07) is 6.21. The number of unbranched alkanes of at least 4 members (excludes halogenated alkanes) is 1. The zero-order chi connectivity index (χ0) is 14.4. The molecule has 0 aromatic heterocycles. The van der Waals surface area contributed by atoms with E-state index in [0.717, 1.165) is 32.6 Å². The molecule has 1 aromatic carbocycles. The minimum atomic E-state index is 0.238. The monoisotopic (exact) mass is 278 g/mol. The Balaban J connectivity index is 2.18. The minimum Gasteiger partial charge on any atom is -0.504 e. The van der Waals surface area contributed by atoms with Crippen LogP contribution in [0.2, 0.25) is 0 Å². The number of phenols is 1. The van der Waals surface area contributed by atoms with Gasteiger partial charge in [-0.1, -0.05) is 25.8 Å². The summed E-state index contributed by atoms with van der Waals surface area (Å²) in [5, 5.41) is 13.4. The largest absolute Gasteiger partial charge is 0.504 e. The van der Waals surface area contributed by atoms with Crippen molar-refractivity contribution in [1.29, 1.82) is 0 Å². The molecule has 0 saturated carbocycles. The van der Waals surface area contributed by atoms with Crippen molar-refractivity contribution < 1.29 is 9.84 Å². The van der Waals surface area contributed by atoms with Gasteiger partial charge in [0.05, 0.1) is 7.11 Å². The predicted molar refractivity (Wildman–Crippen MR) is 81.4 cm³/mol. The highest BCUT2D eigenvalue weighted by atomic mass is 16.5. The van der Waals surface area contributed by atoms with Crippen LogP contribution in [-0.4, -0.2) is 43.3 Å². The van der Waals surface area contributed by atoms with Gasteiger partial charge in [0.25, 0.3) is 0 Å². The number of rotatable bonds is 6. The molecule has 1 aliphatic heterocycles. The molecule has 2 N–H and O–H groups in total. The van der Waals surface area contributed by atoms with Crippen LogP contribution in [0.25, 0.3) is 0 Å². The number of nitrogens with one attached hydrogen (secondary N) is 1. The van der Waals surface area contributed by atoms with E-state index in [-0.39, 0.29) is 5.75 Å². The summed E-state index contributed by atoms with van der Waals surface area (Å²) < 4.78 is 5.13. The number of benzene rings is 1. The second kappa shape index (κ2) is 7.50. The van der Waals surface area contributed by atoms with Gasteiger partial charge in [0.15, 0.2) is 11.5 Å². The molecule has 1 saturated heterocycles. The summed E-state index contributed by atoms with van der Waals surface area (Å²) >= 11 is 0. The molecule has 112 valence electrons. The fourth-order valence-electron chi connectivity index (χ4n) is 2.87. The van der Waals surface area contributed by atoms with Crippen molar-refractivity contribution >= 4 is 0 Å². The first-order chi connectivity index (χ1) is 9.76. The molecule has 0 radical (unpaired) electrons. The van der Waals surface area contributed by atoms with Gasteiger partial charge >= 0.3 is 0 Å². The van der Waals surface area contributed by atoms with Gasteiger partial charge in [-0.15, -0.1) is 0 Å². The summed E-state index contributed by atoms with van der Waals surface area (Å²) in [7, 11) is 1.58. The van der Waals surface area contributed by atoms with E-state index in [1.54, 1.807) is 7.11 Å². The first kappa shape index (κ1) is 15.1. The maximum Gasteiger partial charge on any atom is 0.160 e. The minimum absolute atomic E-state index is 0.238. The zero-order valence-electron chi connectivity index (χ0n) is 12.6. The fraction of sp³-hybridized carbons (Fsp3) is 0.625. The summed E-state index contributed by atoms with van der Waals surface area (Å²) in [4.78, 5) is 2.52. The Kier molecular flexibility index (Phi) is 5.68.